The molecule has 4 aromatic heterocycles. The Morgan fingerprint density at radius 3 is 1.53 bits per heavy atom. The van der Waals surface area contributed by atoms with E-state index in [2.05, 4.69) is 235 Å². The number of nitrogens with zero attached hydrogens (tertiary/aromatic N) is 4. The lowest BCUT2D eigenvalue weighted by atomic mass is 9.82. The number of hydrogen-bond acceptors (Lipinski definition) is 3. The lowest BCUT2D eigenvalue weighted by Crippen LogP contribution is -2.14. The van der Waals surface area contributed by atoms with Crippen molar-refractivity contribution in [3.8, 4) is 67.5 Å². The minimum Gasteiger partial charge on any atom is -0.456 e. The number of aromatic nitrogens is 4. The largest absolute Gasteiger partial charge is 0.456 e. The summed E-state index contributed by atoms with van der Waals surface area (Å²) < 4.78 is 11.4. The van der Waals surface area contributed by atoms with E-state index >= 15 is 0 Å². The van der Waals surface area contributed by atoms with Gasteiger partial charge in [-0.15, -0.1) is 0 Å². The van der Waals surface area contributed by atoms with Crippen LogP contribution in [0.15, 0.2) is 235 Å². The van der Waals surface area contributed by atoms with Crippen LogP contribution in [-0.4, -0.2) is 19.1 Å². The van der Waals surface area contributed by atoms with Gasteiger partial charge in [0.05, 0.1) is 33.5 Å². The van der Waals surface area contributed by atoms with Gasteiger partial charge in [0.15, 0.2) is 5.82 Å². The van der Waals surface area contributed by atoms with Gasteiger partial charge >= 0.3 is 0 Å². The standard InChI is InChI=1S/C67H44N4O/c1-67(2)56-24-14-12-22-48(56)50-36-53-51-34-44(28-32-60(51)70(62(53)38-57(50)67)46-20-10-5-11-21-46)45-29-33-61-52(35-45)54-37-55-49-23-13-15-25-64(49)72-65(55)40-63(54)71(61)47-30-26-43(27-31-47)66-68-58(41-16-6-3-7-17-41)39-59(69-66)42-18-8-4-9-19-42/h3-40H,1-2H3. The van der Waals surface area contributed by atoms with Crippen LogP contribution in [0.25, 0.3) is 133 Å². The van der Waals surface area contributed by atoms with Crippen molar-refractivity contribution in [1.82, 2.24) is 19.1 Å². The zero-order chi connectivity index (χ0) is 47.7. The van der Waals surface area contributed by atoms with Gasteiger partial charge in [0.2, 0.25) is 0 Å². The molecule has 0 N–H and O–H groups in total. The topological polar surface area (TPSA) is 48.8 Å². The fourth-order valence-electron chi connectivity index (χ4n) is 11.8. The van der Waals surface area contributed by atoms with E-state index in [1.807, 2.05) is 18.2 Å². The van der Waals surface area contributed by atoms with Crippen molar-refractivity contribution in [2.75, 3.05) is 0 Å². The van der Waals surface area contributed by atoms with Gasteiger partial charge in [-0.3, -0.25) is 0 Å². The molecule has 0 aliphatic heterocycles. The van der Waals surface area contributed by atoms with Crippen LogP contribution in [0.2, 0.25) is 0 Å². The molecule has 338 valence electrons. The molecule has 0 bridgehead atoms. The van der Waals surface area contributed by atoms with E-state index in [-0.39, 0.29) is 5.41 Å². The minimum atomic E-state index is -0.107. The Labute approximate surface area is 415 Å². The van der Waals surface area contributed by atoms with Crippen LogP contribution in [0.4, 0.5) is 0 Å². The molecule has 0 saturated carbocycles. The van der Waals surface area contributed by atoms with Crippen molar-refractivity contribution in [3.63, 3.8) is 0 Å². The molecule has 0 saturated heterocycles. The van der Waals surface area contributed by atoms with E-state index in [1.165, 1.54) is 60.4 Å². The average molecular weight is 921 g/mol. The Morgan fingerprint density at radius 1 is 0.333 bits per heavy atom. The summed E-state index contributed by atoms with van der Waals surface area (Å²) in [5.41, 5.74) is 21.0. The van der Waals surface area contributed by atoms with E-state index in [9.17, 15) is 0 Å². The van der Waals surface area contributed by atoms with Crippen molar-refractivity contribution in [2.45, 2.75) is 19.3 Å². The molecule has 0 spiro atoms. The molecule has 0 radical (unpaired) electrons. The maximum absolute atomic E-state index is 6.55. The maximum atomic E-state index is 6.55. The van der Waals surface area contributed by atoms with Crippen LogP contribution in [0.1, 0.15) is 25.0 Å². The van der Waals surface area contributed by atoms with Gasteiger partial charge in [0.1, 0.15) is 11.2 Å². The van der Waals surface area contributed by atoms with E-state index in [1.54, 1.807) is 0 Å². The quantitative estimate of drug-likeness (QED) is 0.167. The van der Waals surface area contributed by atoms with Crippen molar-refractivity contribution in [2.24, 2.45) is 0 Å². The second-order valence-corrected chi connectivity index (χ2v) is 19.8. The van der Waals surface area contributed by atoms with Gasteiger partial charge in [0.25, 0.3) is 0 Å². The molecule has 5 nitrogen and oxygen atoms in total. The highest BCUT2D eigenvalue weighted by Gasteiger charge is 2.36. The number of hydrogen-bond donors (Lipinski definition) is 0. The third kappa shape index (κ3) is 6.07. The highest BCUT2D eigenvalue weighted by atomic mass is 16.3. The van der Waals surface area contributed by atoms with Crippen LogP contribution in [-0.2, 0) is 5.41 Å². The summed E-state index contributed by atoms with van der Waals surface area (Å²) in [4.78, 5) is 10.3. The van der Waals surface area contributed by atoms with Crippen LogP contribution in [0, 0.1) is 0 Å². The molecule has 10 aromatic carbocycles. The summed E-state index contributed by atoms with van der Waals surface area (Å²) in [6.45, 7) is 4.73. The Hall–Kier alpha value is -9.32. The zero-order valence-corrected chi connectivity index (χ0v) is 39.6. The Bertz CT molecular complexity index is 4450. The Balaban J connectivity index is 0.908. The molecule has 15 rings (SSSR count). The zero-order valence-electron chi connectivity index (χ0n) is 39.6. The van der Waals surface area contributed by atoms with Gasteiger partial charge in [-0.05, 0) is 124 Å². The predicted molar refractivity (Wildman–Crippen MR) is 297 cm³/mol. The van der Waals surface area contributed by atoms with Gasteiger partial charge in [0, 0.05) is 71.9 Å². The SMILES string of the molecule is CC1(C)c2ccccc2-c2cc3c4cc(-c5ccc6c(c5)c5cc7c(cc5n6-c5ccc(-c6nc(-c8ccccc8)cc(-c8ccccc8)n6)cc5)oc5ccccc57)ccc4n(-c4ccccc4)c3cc21. The molecule has 14 aromatic rings. The molecular formula is C67H44N4O. The first-order valence-corrected chi connectivity index (χ1v) is 24.7. The van der Waals surface area contributed by atoms with Crippen molar-refractivity contribution in [3.05, 3.63) is 242 Å². The second kappa shape index (κ2) is 15.3. The summed E-state index contributed by atoms with van der Waals surface area (Å²) in [7, 11) is 0. The first-order valence-electron chi connectivity index (χ1n) is 24.7. The van der Waals surface area contributed by atoms with Crippen LogP contribution >= 0.6 is 0 Å². The fourth-order valence-corrected chi connectivity index (χ4v) is 11.8. The number of para-hydroxylation sites is 2. The predicted octanol–water partition coefficient (Wildman–Crippen LogP) is 17.5. The third-order valence-corrected chi connectivity index (χ3v) is 15.3. The highest BCUT2D eigenvalue weighted by molar-refractivity contribution is 6.18. The molecule has 0 amide bonds. The summed E-state index contributed by atoms with van der Waals surface area (Å²) in [6.07, 6.45) is 0. The Kier molecular flexibility index (Phi) is 8.64. The molecule has 0 fully saturated rings. The monoisotopic (exact) mass is 920 g/mol. The van der Waals surface area contributed by atoms with Gasteiger partial charge in [-0.2, -0.15) is 0 Å². The summed E-state index contributed by atoms with van der Waals surface area (Å²) in [5, 5.41) is 7.05. The van der Waals surface area contributed by atoms with Crippen LogP contribution in [0.3, 0.4) is 0 Å². The van der Waals surface area contributed by atoms with E-state index in [0.717, 1.165) is 78.0 Å². The van der Waals surface area contributed by atoms with Crippen LogP contribution in [0.5, 0.6) is 0 Å². The number of rotatable bonds is 6. The molecular weight excluding hydrogens is 877 g/mol. The third-order valence-electron chi connectivity index (χ3n) is 15.3. The normalized spacial score (nSPS) is 13.0. The molecule has 5 heteroatoms. The van der Waals surface area contributed by atoms with Crippen molar-refractivity contribution < 1.29 is 4.42 Å². The van der Waals surface area contributed by atoms with Crippen molar-refractivity contribution >= 4 is 65.6 Å². The molecule has 1 aliphatic carbocycles. The molecule has 4 heterocycles. The molecule has 1 aliphatic rings. The number of furan rings is 1. The number of fused-ring (bicyclic) bond motifs is 12. The highest BCUT2D eigenvalue weighted by Crippen LogP contribution is 2.51. The fraction of sp³-hybridized carbons (Fsp3) is 0.0448. The second-order valence-electron chi connectivity index (χ2n) is 19.8. The van der Waals surface area contributed by atoms with Crippen LogP contribution < -0.4 is 0 Å². The smallest absolute Gasteiger partial charge is 0.160 e. The van der Waals surface area contributed by atoms with Gasteiger partial charge in [-0.25, -0.2) is 9.97 Å². The molecule has 0 unspecified atom stereocenters. The molecule has 72 heavy (non-hydrogen) atoms. The minimum absolute atomic E-state index is 0.107. The summed E-state index contributed by atoms with van der Waals surface area (Å²) in [5.74, 6) is 0.680. The number of benzene rings is 10. The van der Waals surface area contributed by atoms with Gasteiger partial charge < -0.3 is 13.6 Å². The van der Waals surface area contributed by atoms with E-state index in [4.69, 9.17) is 14.4 Å². The summed E-state index contributed by atoms with van der Waals surface area (Å²) in [6, 6.07) is 83.0. The summed E-state index contributed by atoms with van der Waals surface area (Å²) >= 11 is 0. The Morgan fingerprint density at radius 2 is 0.861 bits per heavy atom. The van der Waals surface area contributed by atoms with Crippen molar-refractivity contribution in [1.29, 1.82) is 0 Å². The van der Waals surface area contributed by atoms with E-state index < -0.39 is 0 Å². The molecule has 0 atom stereocenters. The van der Waals surface area contributed by atoms with E-state index in [0.29, 0.717) is 5.82 Å². The first-order chi connectivity index (χ1) is 35.4. The maximum Gasteiger partial charge on any atom is 0.160 e. The lowest BCUT2D eigenvalue weighted by molar-refractivity contribution is 0.661. The van der Waals surface area contributed by atoms with Gasteiger partial charge in [-0.1, -0.05) is 147 Å². The average Bonchev–Trinajstić information content (AvgIpc) is 4.14. The first kappa shape index (κ1) is 40.6. The lowest BCUT2D eigenvalue weighted by Gasteiger charge is -2.21.